The van der Waals surface area contributed by atoms with Crippen LogP contribution < -0.4 is 9.64 Å². The highest BCUT2D eigenvalue weighted by atomic mass is 19.1. The lowest BCUT2D eigenvalue weighted by Crippen LogP contribution is -2.36. The zero-order chi connectivity index (χ0) is 17.1. The van der Waals surface area contributed by atoms with Gasteiger partial charge in [-0.1, -0.05) is 24.3 Å². The van der Waals surface area contributed by atoms with Crippen molar-refractivity contribution in [3.63, 3.8) is 0 Å². The molecule has 0 radical (unpaired) electrons. The van der Waals surface area contributed by atoms with Crippen LogP contribution in [0.25, 0.3) is 0 Å². The van der Waals surface area contributed by atoms with Crippen LogP contribution >= 0.6 is 0 Å². The van der Waals surface area contributed by atoms with Crippen LogP contribution in [-0.4, -0.2) is 36.0 Å². The lowest BCUT2D eigenvalue weighted by atomic mass is 10.2. The average Bonchev–Trinajstić information content (AvgIpc) is 2.79. The molecule has 124 valence electrons. The summed E-state index contributed by atoms with van der Waals surface area (Å²) in [4.78, 5) is 27.5. The Morgan fingerprint density at radius 2 is 1.83 bits per heavy atom. The van der Waals surface area contributed by atoms with E-state index in [0.717, 1.165) is 4.90 Å². The van der Waals surface area contributed by atoms with Gasteiger partial charge >= 0.3 is 6.03 Å². The first-order valence-corrected chi connectivity index (χ1v) is 7.66. The Morgan fingerprint density at radius 3 is 2.54 bits per heavy atom. The van der Waals surface area contributed by atoms with E-state index >= 15 is 0 Å². The summed E-state index contributed by atoms with van der Waals surface area (Å²) in [6, 6.07) is 13.9. The number of carbonyl (C=O) groups is 2. The maximum atomic E-state index is 13.1. The van der Waals surface area contributed by atoms with Crippen molar-refractivity contribution in [2.24, 2.45) is 0 Å². The molecule has 0 spiro atoms. The van der Waals surface area contributed by atoms with Gasteiger partial charge in [-0.2, -0.15) is 0 Å². The summed E-state index contributed by atoms with van der Waals surface area (Å²) < 4.78 is 18.5. The van der Waals surface area contributed by atoms with Crippen LogP contribution in [0.1, 0.15) is 6.92 Å². The summed E-state index contributed by atoms with van der Waals surface area (Å²) in [6.07, 6.45) is 0. The number of ether oxygens (including phenoxy) is 1. The summed E-state index contributed by atoms with van der Waals surface area (Å²) in [7, 11) is 0. The summed E-state index contributed by atoms with van der Waals surface area (Å²) in [5, 5.41) is 0. The van der Waals surface area contributed by atoms with Gasteiger partial charge in [0.05, 0.1) is 6.54 Å². The van der Waals surface area contributed by atoms with Crippen molar-refractivity contribution in [3.8, 4) is 5.75 Å². The summed E-state index contributed by atoms with van der Waals surface area (Å²) in [6.45, 7) is 1.92. The molecule has 24 heavy (non-hydrogen) atoms. The molecule has 1 aliphatic heterocycles. The number of imide groups is 1. The Bertz CT molecular complexity index is 751. The number of rotatable bonds is 5. The molecule has 2 aromatic rings. The maximum absolute atomic E-state index is 13.1. The number of para-hydroxylation sites is 1. The van der Waals surface area contributed by atoms with E-state index in [9.17, 15) is 14.0 Å². The van der Waals surface area contributed by atoms with E-state index in [4.69, 9.17) is 4.74 Å². The molecule has 0 aromatic heterocycles. The van der Waals surface area contributed by atoms with Crippen molar-refractivity contribution in [3.05, 3.63) is 60.4 Å². The Labute approximate surface area is 139 Å². The first-order chi connectivity index (χ1) is 11.6. The zero-order valence-corrected chi connectivity index (χ0v) is 13.2. The van der Waals surface area contributed by atoms with Crippen LogP contribution in [0.2, 0.25) is 0 Å². The number of anilines is 1. The minimum Gasteiger partial charge on any atom is -0.492 e. The van der Waals surface area contributed by atoms with Gasteiger partial charge in [-0.25, -0.2) is 9.18 Å². The molecule has 0 unspecified atom stereocenters. The third-order valence-corrected chi connectivity index (χ3v) is 3.86. The van der Waals surface area contributed by atoms with E-state index in [1.807, 2.05) is 18.2 Å². The van der Waals surface area contributed by atoms with Crippen LogP contribution in [-0.2, 0) is 4.79 Å². The Balaban J connectivity index is 1.66. The molecule has 3 amide bonds. The van der Waals surface area contributed by atoms with Crippen LogP contribution in [0.4, 0.5) is 14.9 Å². The molecule has 0 N–H and O–H groups in total. The van der Waals surface area contributed by atoms with Crippen molar-refractivity contribution in [2.45, 2.75) is 13.0 Å². The smallest absolute Gasteiger partial charge is 0.332 e. The molecule has 1 saturated heterocycles. The molecule has 6 heteroatoms. The van der Waals surface area contributed by atoms with Crippen molar-refractivity contribution in [2.75, 3.05) is 18.1 Å². The van der Waals surface area contributed by atoms with E-state index in [-0.39, 0.29) is 25.1 Å². The van der Waals surface area contributed by atoms with Gasteiger partial charge in [0, 0.05) is 11.8 Å². The third-order valence-electron chi connectivity index (χ3n) is 3.86. The molecular weight excluding hydrogens is 311 g/mol. The highest BCUT2D eigenvalue weighted by Gasteiger charge is 2.42. The Morgan fingerprint density at radius 1 is 1.08 bits per heavy atom. The highest BCUT2D eigenvalue weighted by Crippen LogP contribution is 2.25. The monoisotopic (exact) mass is 328 g/mol. The van der Waals surface area contributed by atoms with Gasteiger partial charge in [-0.05, 0) is 31.2 Å². The largest absolute Gasteiger partial charge is 0.492 e. The molecule has 0 aliphatic carbocycles. The first kappa shape index (κ1) is 16.0. The second-order valence-corrected chi connectivity index (χ2v) is 5.46. The molecule has 1 fully saturated rings. The van der Waals surface area contributed by atoms with Gasteiger partial charge in [-0.3, -0.25) is 14.6 Å². The standard InChI is InChI=1S/C18H17FN2O3/c1-13-17(22)20(10-11-24-16-9-5-6-14(19)12-16)18(23)21(13)15-7-3-2-4-8-15/h2-9,12-13H,10-11H2,1H3/t13-/m1/s1. The molecule has 0 bridgehead atoms. The number of urea groups is 1. The van der Waals surface area contributed by atoms with Gasteiger partial charge in [0.1, 0.15) is 24.2 Å². The van der Waals surface area contributed by atoms with E-state index in [0.29, 0.717) is 11.4 Å². The fourth-order valence-electron chi connectivity index (χ4n) is 2.67. The van der Waals surface area contributed by atoms with Crippen LogP contribution in [0.5, 0.6) is 5.75 Å². The van der Waals surface area contributed by atoms with Crippen LogP contribution in [0.3, 0.4) is 0 Å². The summed E-state index contributed by atoms with van der Waals surface area (Å²) in [5.41, 5.74) is 0.678. The quantitative estimate of drug-likeness (QED) is 0.793. The molecule has 1 aliphatic rings. The van der Waals surface area contributed by atoms with Crippen molar-refractivity contribution in [1.29, 1.82) is 0 Å². The van der Waals surface area contributed by atoms with Crippen molar-refractivity contribution < 1.29 is 18.7 Å². The fraction of sp³-hybridized carbons (Fsp3) is 0.222. The minimum atomic E-state index is -0.561. The normalized spacial score (nSPS) is 17.5. The van der Waals surface area contributed by atoms with E-state index in [1.54, 1.807) is 25.1 Å². The third kappa shape index (κ3) is 3.08. The minimum absolute atomic E-state index is 0.107. The topological polar surface area (TPSA) is 49.9 Å². The van der Waals surface area contributed by atoms with Crippen molar-refractivity contribution >= 4 is 17.6 Å². The number of benzene rings is 2. The van der Waals surface area contributed by atoms with Gasteiger partial charge in [0.15, 0.2) is 0 Å². The molecule has 1 atom stereocenters. The first-order valence-electron chi connectivity index (χ1n) is 7.66. The second kappa shape index (κ2) is 6.70. The SMILES string of the molecule is C[C@@H]1C(=O)N(CCOc2cccc(F)c2)C(=O)N1c1ccccc1. The fourth-order valence-corrected chi connectivity index (χ4v) is 2.67. The Hall–Kier alpha value is -2.89. The van der Waals surface area contributed by atoms with Crippen LogP contribution in [0.15, 0.2) is 54.6 Å². The average molecular weight is 328 g/mol. The van der Waals surface area contributed by atoms with Gasteiger partial charge in [-0.15, -0.1) is 0 Å². The number of halogens is 1. The summed E-state index contributed by atoms with van der Waals surface area (Å²) >= 11 is 0. The van der Waals surface area contributed by atoms with E-state index in [2.05, 4.69) is 0 Å². The van der Waals surface area contributed by atoms with E-state index < -0.39 is 11.9 Å². The van der Waals surface area contributed by atoms with Crippen LogP contribution in [0, 0.1) is 5.82 Å². The lowest BCUT2D eigenvalue weighted by Gasteiger charge is -2.19. The van der Waals surface area contributed by atoms with E-state index in [1.165, 1.54) is 23.1 Å². The zero-order valence-electron chi connectivity index (χ0n) is 13.2. The van der Waals surface area contributed by atoms with Gasteiger partial charge in [0.2, 0.25) is 0 Å². The van der Waals surface area contributed by atoms with Gasteiger partial charge in [0.25, 0.3) is 5.91 Å². The molecular formula is C18H17FN2O3. The molecule has 3 rings (SSSR count). The maximum Gasteiger partial charge on any atom is 0.332 e. The summed E-state index contributed by atoms with van der Waals surface area (Å²) in [5.74, 6) is -0.307. The molecule has 1 heterocycles. The number of nitrogens with zero attached hydrogens (tertiary/aromatic N) is 2. The number of hydrogen-bond acceptors (Lipinski definition) is 3. The number of hydrogen-bond donors (Lipinski definition) is 0. The molecule has 5 nitrogen and oxygen atoms in total. The predicted octanol–water partition coefficient (Wildman–Crippen LogP) is 3.06. The second-order valence-electron chi connectivity index (χ2n) is 5.46. The highest BCUT2D eigenvalue weighted by molar-refractivity contribution is 6.14. The molecule has 2 aromatic carbocycles. The predicted molar refractivity (Wildman–Crippen MR) is 87.4 cm³/mol. The van der Waals surface area contributed by atoms with Crippen molar-refractivity contribution in [1.82, 2.24) is 4.90 Å². The van der Waals surface area contributed by atoms with Gasteiger partial charge < -0.3 is 4.74 Å². The Kier molecular flexibility index (Phi) is 4.46. The number of carbonyl (C=O) groups excluding carboxylic acids is 2. The molecule has 0 saturated carbocycles. The lowest BCUT2D eigenvalue weighted by molar-refractivity contribution is -0.127. The number of amides is 3.